The van der Waals surface area contributed by atoms with Crippen molar-refractivity contribution in [3.63, 3.8) is 0 Å². The van der Waals surface area contributed by atoms with Crippen molar-refractivity contribution < 1.29 is 23.9 Å². The van der Waals surface area contributed by atoms with Gasteiger partial charge in [-0.15, -0.1) is 0 Å². The molecule has 1 saturated heterocycles. The maximum Gasteiger partial charge on any atom is 0.337 e. The fourth-order valence-electron chi connectivity index (χ4n) is 4.64. The normalized spacial score (nSPS) is 19.0. The summed E-state index contributed by atoms with van der Waals surface area (Å²) >= 11 is 0. The van der Waals surface area contributed by atoms with Gasteiger partial charge in [0, 0.05) is 45.4 Å². The Kier molecular flexibility index (Phi) is 9.11. The largest absolute Gasteiger partial charge is 0.465 e. The van der Waals surface area contributed by atoms with E-state index in [0.717, 1.165) is 5.69 Å². The molecule has 1 aliphatic carbocycles. The van der Waals surface area contributed by atoms with E-state index in [1.54, 1.807) is 17.0 Å². The van der Waals surface area contributed by atoms with Gasteiger partial charge in [0.15, 0.2) is 0 Å². The average molecular weight is 460 g/mol. The number of benzene rings is 1. The molecule has 1 aromatic carbocycles. The van der Waals surface area contributed by atoms with Crippen LogP contribution in [0.2, 0.25) is 0 Å². The smallest absolute Gasteiger partial charge is 0.337 e. The number of amides is 2. The third-order valence-electron chi connectivity index (χ3n) is 6.66. The monoisotopic (exact) mass is 459 g/mol. The Labute approximate surface area is 196 Å². The van der Waals surface area contributed by atoms with Crippen molar-refractivity contribution >= 4 is 23.5 Å². The molecular formula is C25H37N3O5. The van der Waals surface area contributed by atoms with Gasteiger partial charge in [-0.2, -0.15) is 0 Å². The topological polar surface area (TPSA) is 88.2 Å². The minimum absolute atomic E-state index is 0.0953. The highest BCUT2D eigenvalue weighted by Gasteiger charge is 2.33. The molecule has 8 heteroatoms. The molecule has 0 spiro atoms. The summed E-state index contributed by atoms with van der Waals surface area (Å²) in [6.07, 6.45) is 5.74. The summed E-state index contributed by atoms with van der Waals surface area (Å²) < 4.78 is 10.8. The molecule has 1 saturated carbocycles. The Bertz CT molecular complexity index is 799. The van der Waals surface area contributed by atoms with Gasteiger partial charge in [-0.3, -0.25) is 9.59 Å². The highest BCUT2D eigenvalue weighted by molar-refractivity contribution is 5.90. The summed E-state index contributed by atoms with van der Waals surface area (Å²) in [5.41, 5.74) is 1.51. The van der Waals surface area contributed by atoms with Crippen LogP contribution < -0.4 is 10.2 Å². The van der Waals surface area contributed by atoms with Crippen LogP contribution in [0, 0.1) is 5.92 Å². The lowest BCUT2D eigenvalue weighted by molar-refractivity contribution is -0.141. The number of nitrogens with one attached hydrogen (secondary N) is 1. The van der Waals surface area contributed by atoms with Gasteiger partial charge in [-0.25, -0.2) is 4.79 Å². The Morgan fingerprint density at radius 1 is 1.03 bits per heavy atom. The fraction of sp³-hybridized carbons (Fsp3) is 0.640. The van der Waals surface area contributed by atoms with Gasteiger partial charge in [-0.05, 0) is 49.9 Å². The van der Waals surface area contributed by atoms with E-state index in [9.17, 15) is 14.4 Å². The number of anilines is 1. The van der Waals surface area contributed by atoms with Gasteiger partial charge in [0.2, 0.25) is 11.8 Å². The molecule has 1 unspecified atom stereocenters. The van der Waals surface area contributed by atoms with E-state index in [4.69, 9.17) is 9.47 Å². The molecule has 3 rings (SSSR count). The van der Waals surface area contributed by atoms with E-state index < -0.39 is 6.04 Å². The molecule has 2 aliphatic rings. The molecule has 0 radical (unpaired) electrons. The van der Waals surface area contributed by atoms with E-state index in [0.29, 0.717) is 44.3 Å². The summed E-state index contributed by atoms with van der Waals surface area (Å²) in [6.45, 7) is 6.41. The van der Waals surface area contributed by atoms with Crippen LogP contribution in [-0.2, 0) is 19.1 Å². The van der Waals surface area contributed by atoms with Gasteiger partial charge >= 0.3 is 5.97 Å². The number of piperazine rings is 1. The maximum absolute atomic E-state index is 13.3. The highest BCUT2D eigenvalue weighted by Crippen LogP contribution is 2.24. The van der Waals surface area contributed by atoms with Crippen LogP contribution in [0.4, 0.5) is 5.69 Å². The van der Waals surface area contributed by atoms with Gasteiger partial charge < -0.3 is 24.6 Å². The molecule has 1 aliphatic heterocycles. The first-order valence-corrected chi connectivity index (χ1v) is 12.0. The molecule has 0 bridgehead atoms. The summed E-state index contributed by atoms with van der Waals surface area (Å²) in [6, 6.07) is 6.60. The number of nitrogens with zero attached hydrogens (tertiary/aromatic N) is 2. The van der Waals surface area contributed by atoms with Crippen molar-refractivity contribution in [2.75, 3.05) is 44.8 Å². The predicted octanol–water partition coefficient (Wildman–Crippen LogP) is 2.61. The van der Waals surface area contributed by atoms with Gasteiger partial charge in [0.1, 0.15) is 6.04 Å². The minimum Gasteiger partial charge on any atom is -0.465 e. The lowest BCUT2D eigenvalue weighted by Crippen LogP contribution is -2.58. The summed E-state index contributed by atoms with van der Waals surface area (Å²) in [4.78, 5) is 40.7. The van der Waals surface area contributed by atoms with Gasteiger partial charge in [0.05, 0.1) is 18.8 Å². The van der Waals surface area contributed by atoms with Crippen molar-refractivity contribution in [2.24, 2.45) is 5.92 Å². The van der Waals surface area contributed by atoms with Crippen molar-refractivity contribution in [1.29, 1.82) is 0 Å². The summed E-state index contributed by atoms with van der Waals surface area (Å²) in [5.74, 6) is -0.142. The molecule has 0 aromatic heterocycles. The fourth-order valence-corrected chi connectivity index (χ4v) is 4.64. The molecule has 1 N–H and O–H groups in total. The molecular weight excluding hydrogens is 422 g/mol. The van der Waals surface area contributed by atoms with E-state index in [-0.39, 0.29) is 23.9 Å². The zero-order valence-corrected chi connectivity index (χ0v) is 20.0. The second-order valence-electron chi connectivity index (χ2n) is 9.07. The van der Waals surface area contributed by atoms with E-state index in [1.807, 2.05) is 19.1 Å². The van der Waals surface area contributed by atoms with Crippen LogP contribution in [-0.4, -0.2) is 74.7 Å². The molecule has 1 heterocycles. The van der Waals surface area contributed by atoms with Crippen molar-refractivity contribution in [3.05, 3.63) is 29.8 Å². The Balaban J connectivity index is 1.55. The van der Waals surface area contributed by atoms with E-state index in [2.05, 4.69) is 10.2 Å². The number of ether oxygens (including phenoxy) is 2. The first-order chi connectivity index (χ1) is 15.9. The maximum atomic E-state index is 13.3. The average Bonchev–Trinajstić information content (AvgIpc) is 2.85. The molecule has 2 atom stereocenters. The first kappa shape index (κ1) is 25.0. The third kappa shape index (κ3) is 6.93. The standard InChI is InChI=1S/C25H37N3O5/c1-18(33-17-20-7-5-4-6-8-20)23(26-19(2)29)24(30)28-15-13-27(14-16-28)22-11-9-21(10-12-22)25(31)32-3/h9-12,18,20,23H,4-8,13-17H2,1-3H3,(H,26,29)/t18-,23?/m1/s1. The van der Waals surface area contributed by atoms with Gasteiger partial charge in [-0.1, -0.05) is 19.3 Å². The molecule has 1 aromatic rings. The van der Waals surface area contributed by atoms with E-state index in [1.165, 1.54) is 46.1 Å². The number of hydrogen-bond donors (Lipinski definition) is 1. The highest BCUT2D eigenvalue weighted by atomic mass is 16.5. The molecule has 2 amide bonds. The molecule has 8 nitrogen and oxygen atoms in total. The number of methoxy groups -OCH3 is 1. The van der Waals surface area contributed by atoms with Crippen LogP contribution in [0.5, 0.6) is 0 Å². The Hall–Kier alpha value is -2.61. The summed E-state index contributed by atoms with van der Waals surface area (Å²) in [5, 5.41) is 2.82. The van der Waals surface area contributed by atoms with Crippen LogP contribution in [0.15, 0.2) is 24.3 Å². The first-order valence-electron chi connectivity index (χ1n) is 12.0. The zero-order valence-electron chi connectivity index (χ0n) is 20.0. The Morgan fingerprint density at radius 3 is 2.24 bits per heavy atom. The summed E-state index contributed by atoms with van der Waals surface area (Å²) in [7, 11) is 1.36. The van der Waals surface area contributed by atoms with E-state index >= 15 is 0 Å². The quantitative estimate of drug-likeness (QED) is 0.602. The van der Waals surface area contributed by atoms with Crippen LogP contribution in [0.3, 0.4) is 0 Å². The lowest BCUT2D eigenvalue weighted by atomic mass is 9.90. The second kappa shape index (κ2) is 12.0. The van der Waals surface area contributed by atoms with Crippen molar-refractivity contribution in [3.8, 4) is 0 Å². The lowest BCUT2D eigenvalue weighted by Gasteiger charge is -2.38. The van der Waals surface area contributed by atoms with Crippen LogP contribution in [0.1, 0.15) is 56.3 Å². The zero-order chi connectivity index (χ0) is 23.8. The number of hydrogen-bond acceptors (Lipinski definition) is 6. The minimum atomic E-state index is -0.683. The third-order valence-corrected chi connectivity index (χ3v) is 6.66. The number of esters is 1. The molecule has 33 heavy (non-hydrogen) atoms. The van der Waals surface area contributed by atoms with Gasteiger partial charge in [0.25, 0.3) is 0 Å². The van der Waals surface area contributed by atoms with Crippen molar-refractivity contribution in [2.45, 2.75) is 58.1 Å². The van der Waals surface area contributed by atoms with Crippen LogP contribution >= 0.6 is 0 Å². The number of carbonyl (C=O) groups is 3. The van der Waals surface area contributed by atoms with Crippen molar-refractivity contribution in [1.82, 2.24) is 10.2 Å². The number of carbonyl (C=O) groups excluding carboxylic acids is 3. The molecule has 182 valence electrons. The SMILES string of the molecule is COC(=O)c1ccc(N2CCN(C(=O)C(NC(C)=O)[C@@H](C)OCC3CCCCC3)CC2)cc1. The molecule has 2 fully saturated rings. The van der Waals surface area contributed by atoms with Crippen LogP contribution in [0.25, 0.3) is 0 Å². The number of rotatable bonds is 8. The predicted molar refractivity (Wildman–Crippen MR) is 126 cm³/mol. The Morgan fingerprint density at radius 2 is 1.67 bits per heavy atom. The second-order valence-corrected chi connectivity index (χ2v) is 9.07.